The summed E-state index contributed by atoms with van der Waals surface area (Å²) in [5.74, 6) is 1.45. The molecule has 4 heterocycles. The smallest absolute Gasteiger partial charge is 0.251 e. The molecule has 19 nitrogen and oxygen atoms in total. The highest BCUT2D eigenvalue weighted by Crippen LogP contribution is 2.29. The lowest BCUT2D eigenvalue weighted by Crippen LogP contribution is -2.57. The minimum atomic E-state index is -0.746. The summed E-state index contributed by atoms with van der Waals surface area (Å²) in [6.45, 7) is 13.4. The largest absolute Gasteiger partial charge is 0.494 e. The normalized spacial score (nSPS) is 13.7. The maximum Gasteiger partial charge on any atom is 0.251 e. The van der Waals surface area contributed by atoms with Gasteiger partial charge in [-0.2, -0.15) is 0 Å². The van der Waals surface area contributed by atoms with Crippen LogP contribution in [-0.2, 0) is 55.3 Å². The molecular formula is C60H79N11O8S. The molecule has 1 aliphatic heterocycles. The Kier molecular flexibility index (Phi) is 23.9. The van der Waals surface area contributed by atoms with Crippen LogP contribution in [0.3, 0.4) is 0 Å². The standard InChI is InChI=1S/C60H79N11O8S/c1-43-54(80-42-66-43)46-23-19-44(20-24-46)39-64-58(74)51-17-14-29-71(51)59(75)55(60(2,3)4)67-53(72)18-9-8-11-31-77-34-36-78-35-33-76-30-10-6-7-12-32-79-49-25-21-45(22-26-49)38-63-57(73)47-15-13-16-48(37-47)62-40-52-68-69-56(70(52)5)50-27-28-61-41-65-50/h13,15-16,19-28,37,41-42,51,55,62H,6-12,14,17-18,29-36,38-40H2,1-5H3,(H,63,73)(H,64,74)(H,67,72)/t51-,55+/m0/s1. The molecule has 428 valence electrons. The molecule has 0 bridgehead atoms. The van der Waals surface area contributed by atoms with Crippen molar-refractivity contribution < 1.29 is 38.1 Å². The number of benzene rings is 3. The van der Waals surface area contributed by atoms with E-state index in [-0.39, 0.29) is 23.6 Å². The quantitative estimate of drug-likeness (QED) is 0.0283. The second-order valence-electron chi connectivity index (χ2n) is 21.0. The number of nitrogens with zero attached hydrogens (tertiary/aromatic N) is 7. The van der Waals surface area contributed by atoms with Gasteiger partial charge in [-0.15, -0.1) is 21.5 Å². The van der Waals surface area contributed by atoms with E-state index in [1.54, 1.807) is 34.6 Å². The minimum Gasteiger partial charge on any atom is -0.494 e. The van der Waals surface area contributed by atoms with Crippen LogP contribution in [0.25, 0.3) is 22.0 Å². The highest BCUT2D eigenvalue weighted by atomic mass is 32.1. The van der Waals surface area contributed by atoms with Crippen molar-refractivity contribution in [3.8, 4) is 27.7 Å². The lowest BCUT2D eigenvalue weighted by atomic mass is 9.85. The van der Waals surface area contributed by atoms with Crippen molar-refractivity contribution >= 4 is 40.7 Å². The first-order chi connectivity index (χ1) is 38.8. The molecule has 0 spiro atoms. The molecule has 3 aromatic heterocycles. The van der Waals surface area contributed by atoms with Crippen LogP contribution in [0.4, 0.5) is 5.69 Å². The number of aryl methyl sites for hydroxylation is 1. The van der Waals surface area contributed by atoms with Crippen molar-refractivity contribution in [1.82, 2.24) is 50.6 Å². The topological polar surface area (TPSA) is 226 Å². The van der Waals surface area contributed by atoms with Crippen molar-refractivity contribution in [3.63, 3.8) is 0 Å². The van der Waals surface area contributed by atoms with Crippen LogP contribution in [0.5, 0.6) is 5.75 Å². The molecular weight excluding hydrogens is 1030 g/mol. The van der Waals surface area contributed by atoms with E-state index in [9.17, 15) is 19.2 Å². The summed E-state index contributed by atoms with van der Waals surface area (Å²) in [5, 5.41) is 20.9. The summed E-state index contributed by atoms with van der Waals surface area (Å²) in [7, 11) is 1.89. The van der Waals surface area contributed by atoms with Crippen molar-refractivity contribution in [2.75, 3.05) is 58.1 Å². The molecule has 1 aliphatic rings. The van der Waals surface area contributed by atoms with Crippen molar-refractivity contribution in [2.45, 2.75) is 124 Å². The van der Waals surface area contributed by atoms with Crippen LogP contribution >= 0.6 is 11.3 Å². The fourth-order valence-corrected chi connectivity index (χ4v) is 9.98. The van der Waals surface area contributed by atoms with E-state index in [2.05, 4.69) is 46.4 Å². The second kappa shape index (κ2) is 31.6. The van der Waals surface area contributed by atoms with Gasteiger partial charge in [0.15, 0.2) is 11.6 Å². The Morgan fingerprint density at radius 2 is 1.43 bits per heavy atom. The number of hydrogen-bond acceptors (Lipinski definition) is 15. The van der Waals surface area contributed by atoms with E-state index >= 15 is 0 Å². The van der Waals surface area contributed by atoms with Crippen LogP contribution in [0, 0.1) is 12.3 Å². The molecule has 0 aliphatic carbocycles. The summed E-state index contributed by atoms with van der Waals surface area (Å²) in [6, 6.07) is 23.7. The fourth-order valence-electron chi connectivity index (χ4n) is 9.17. The number of carbonyl (C=O) groups is 4. The first-order valence-electron chi connectivity index (χ1n) is 27.9. The molecule has 6 aromatic rings. The first kappa shape index (κ1) is 60.5. The lowest BCUT2D eigenvalue weighted by molar-refractivity contribution is -0.143. The van der Waals surface area contributed by atoms with Gasteiger partial charge in [0.1, 0.15) is 29.9 Å². The Bertz CT molecular complexity index is 2860. The third-order valence-electron chi connectivity index (χ3n) is 13.8. The molecule has 1 fully saturated rings. The Morgan fingerprint density at radius 3 is 2.10 bits per heavy atom. The van der Waals surface area contributed by atoms with E-state index in [0.29, 0.717) is 109 Å². The third kappa shape index (κ3) is 19.0. The number of anilines is 1. The Labute approximate surface area is 474 Å². The van der Waals surface area contributed by atoms with Gasteiger partial charge in [0.25, 0.3) is 5.91 Å². The average Bonchev–Trinajstić information content (AvgIpc) is 4.24. The number of unbranched alkanes of at least 4 members (excludes halogenated alkanes) is 5. The monoisotopic (exact) mass is 1110 g/mol. The highest BCUT2D eigenvalue weighted by molar-refractivity contribution is 7.13. The van der Waals surface area contributed by atoms with Crippen LogP contribution < -0.4 is 26.0 Å². The summed E-state index contributed by atoms with van der Waals surface area (Å²) in [6.07, 6.45) is 11.1. The number of hydrogen-bond donors (Lipinski definition) is 4. The van der Waals surface area contributed by atoms with Crippen LogP contribution in [0.1, 0.15) is 118 Å². The van der Waals surface area contributed by atoms with Gasteiger partial charge < -0.3 is 49.7 Å². The van der Waals surface area contributed by atoms with E-state index in [4.69, 9.17) is 18.9 Å². The van der Waals surface area contributed by atoms with Gasteiger partial charge in [-0.1, -0.05) is 76.1 Å². The maximum atomic E-state index is 14.0. The first-order valence-corrected chi connectivity index (χ1v) is 28.8. The van der Waals surface area contributed by atoms with Crippen LogP contribution in [-0.4, -0.2) is 123 Å². The number of ether oxygens (including phenoxy) is 4. The predicted octanol–water partition coefficient (Wildman–Crippen LogP) is 8.63. The lowest BCUT2D eigenvalue weighted by Gasteiger charge is -2.35. The number of amides is 4. The third-order valence-corrected chi connectivity index (χ3v) is 14.8. The Balaban J connectivity index is 0.645. The summed E-state index contributed by atoms with van der Waals surface area (Å²) < 4.78 is 25.0. The van der Waals surface area contributed by atoms with E-state index < -0.39 is 17.5 Å². The molecule has 2 atom stereocenters. The molecule has 0 saturated carbocycles. The van der Waals surface area contributed by atoms with Gasteiger partial charge >= 0.3 is 0 Å². The molecule has 3 aromatic carbocycles. The second-order valence-corrected chi connectivity index (χ2v) is 21.9. The number of thiazole rings is 1. The molecule has 20 heteroatoms. The van der Waals surface area contributed by atoms with E-state index in [0.717, 1.165) is 89.5 Å². The molecule has 0 radical (unpaired) electrons. The number of nitrogens with one attached hydrogen (secondary N) is 4. The van der Waals surface area contributed by atoms with Gasteiger partial charge in [0, 0.05) is 63.8 Å². The van der Waals surface area contributed by atoms with E-state index in [1.807, 2.05) is 112 Å². The zero-order valence-electron chi connectivity index (χ0n) is 47.0. The molecule has 4 amide bonds. The predicted molar refractivity (Wildman–Crippen MR) is 309 cm³/mol. The number of carbonyl (C=O) groups excluding carboxylic acids is 4. The number of aromatic nitrogens is 6. The van der Waals surface area contributed by atoms with Crippen LogP contribution in [0.15, 0.2) is 96.9 Å². The Morgan fingerprint density at radius 1 is 0.750 bits per heavy atom. The van der Waals surface area contributed by atoms with Crippen molar-refractivity contribution in [1.29, 1.82) is 0 Å². The molecule has 0 unspecified atom stereocenters. The summed E-state index contributed by atoms with van der Waals surface area (Å²) in [5.41, 5.74) is 7.37. The maximum absolute atomic E-state index is 14.0. The fraction of sp³-hybridized carbons (Fsp3) is 0.483. The van der Waals surface area contributed by atoms with E-state index in [1.165, 1.54) is 6.33 Å². The Hall–Kier alpha value is -7.13. The zero-order chi connectivity index (χ0) is 56.5. The van der Waals surface area contributed by atoms with Gasteiger partial charge in [0.2, 0.25) is 17.7 Å². The molecule has 80 heavy (non-hydrogen) atoms. The molecule has 1 saturated heterocycles. The molecule has 4 N–H and O–H groups in total. The van der Waals surface area contributed by atoms with Gasteiger partial charge in [-0.3, -0.25) is 19.2 Å². The number of rotatable bonds is 33. The summed E-state index contributed by atoms with van der Waals surface area (Å²) in [4.78, 5) is 68.8. The van der Waals surface area contributed by atoms with Crippen molar-refractivity contribution in [3.05, 3.63) is 125 Å². The SMILES string of the molecule is Cc1ncsc1-c1ccc(CNC(=O)[C@@H]2CCCN2C(=O)[C@@H](NC(=O)CCCCCOCCOCCOCCCCCCOc2ccc(CNC(=O)c3cccc(NCc4nnc(-c5ccncn5)n4C)c3)cc2)C(C)(C)C)cc1. The average molecular weight is 1110 g/mol. The summed E-state index contributed by atoms with van der Waals surface area (Å²) >= 11 is 1.60. The highest BCUT2D eigenvalue weighted by Gasteiger charge is 2.41. The van der Waals surface area contributed by atoms with Gasteiger partial charge in [0.05, 0.1) is 55.7 Å². The number of likely N-dealkylation sites (tertiary alicyclic amines) is 1. The molecule has 7 rings (SSSR count). The zero-order valence-corrected chi connectivity index (χ0v) is 47.9. The van der Waals surface area contributed by atoms with Gasteiger partial charge in [-0.05, 0) is 110 Å². The van der Waals surface area contributed by atoms with Crippen LogP contribution in [0.2, 0.25) is 0 Å². The van der Waals surface area contributed by atoms with Gasteiger partial charge in [-0.25, -0.2) is 15.0 Å². The minimum absolute atomic E-state index is 0.167. The van der Waals surface area contributed by atoms with Crippen molar-refractivity contribution in [2.24, 2.45) is 12.5 Å².